The van der Waals surface area contributed by atoms with Gasteiger partial charge < -0.3 is 9.47 Å². The van der Waals surface area contributed by atoms with Crippen LogP contribution < -0.4 is 0 Å². The summed E-state index contributed by atoms with van der Waals surface area (Å²) >= 11 is 0. The SMILES string of the molecule is CC(C)C1COC2C=CC=CC2O1. The monoisotopic (exact) mass is 180 g/mol. The fourth-order valence-corrected chi connectivity index (χ4v) is 1.64. The molecule has 2 heteroatoms. The molecule has 0 amide bonds. The minimum Gasteiger partial charge on any atom is -0.368 e. The maximum Gasteiger partial charge on any atom is 0.106 e. The van der Waals surface area contributed by atoms with Crippen LogP contribution in [0.1, 0.15) is 13.8 Å². The Balaban J connectivity index is 2.00. The van der Waals surface area contributed by atoms with Gasteiger partial charge in [0.1, 0.15) is 12.2 Å². The number of fused-ring (bicyclic) bond motifs is 1. The summed E-state index contributed by atoms with van der Waals surface area (Å²) in [6.45, 7) is 5.05. The second-order valence-electron chi connectivity index (χ2n) is 3.95. The highest BCUT2D eigenvalue weighted by atomic mass is 16.6. The molecular weight excluding hydrogens is 164 g/mol. The third-order valence-corrected chi connectivity index (χ3v) is 2.56. The maximum absolute atomic E-state index is 5.89. The lowest BCUT2D eigenvalue weighted by Gasteiger charge is -2.36. The lowest BCUT2D eigenvalue weighted by atomic mass is 10.0. The molecule has 0 aromatic rings. The molecule has 1 aliphatic carbocycles. The number of allylic oxidation sites excluding steroid dienone is 2. The molecule has 0 aromatic carbocycles. The van der Waals surface area contributed by atoms with Crippen LogP contribution in [0.2, 0.25) is 0 Å². The van der Waals surface area contributed by atoms with Crippen LogP contribution in [-0.4, -0.2) is 24.9 Å². The average molecular weight is 180 g/mol. The topological polar surface area (TPSA) is 18.5 Å². The van der Waals surface area contributed by atoms with E-state index in [1.807, 2.05) is 12.2 Å². The Kier molecular flexibility index (Phi) is 2.51. The molecule has 0 saturated carbocycles. The fourth-order valence-electron chi connectivity index (χ4n) is 1.64. The van der Waals surface area contributed by atoms with Gasteiger partial charge in [-0.2, -0.15) is 0 Å². The van der Waals surface area contributed by atoms with Gasteiger partial charge in [0.25, 0.3) is 0 Å². The van der Waals surface area contributed by atoms with Crippen molar-refractivity contribution in [1.29, 1.82) is 0 Å². The lowest BCUT2D eigenvalue weighted by Crippen LogP contribution is -2.44. The van der Waals surface area contributed by atoms with E-state index in [4.69, 9.17) is 9.47 Å². The van der Waals surface area contributed by atoms with Crippen molar-refractivity contribution in [1.82, 2.24) is 0 Å². The van der Waals surface area contributed by atoms with E-state index < -0.39 is 0 Å². The Labute approximate surface area is 79.2 Å². The number of hydrogen-bond acceptors (Lipinski definition) is 2. The van der Waals surface area contributed by atoms with Crippen LogP contribution in [0.25, 0.3) is 0 Å². The zero-order valence-corrected chi connectivity index (χ0v) is 8.14. The van der Waals surface area contributed by atoms with Crippen LogP contribution in [0.5, 0.6) is 0 Å². The molecule has 0 N–H and O–H groups in total. The Bertz CT molecular complexity index is 230. The predicted molar refractivity (Wildman–Crippen MR) is 51.5 cm³/mol. The van der Waals surface area contributed by atoms with Gasteiger partial charge >= 0.3 is 0 Å². The van der Waals surface area contributed by atoms with E-state index in [2.05, 4.69) is 26.0 Å². The molecule has 1 heterocycles. The Morgan fingerprint density at radius 2 is 1.85 bits per heavy atom. The van der Waals surface area contributed by atoms with Crippen LogP contribution in [0, 0.1) is 5.92 Å². The van der Waals surface area contributed by atoms with Gasteiger partial charge in [0.05, 0.1) is 12.7 Å². The van der Waals surface area contributed by atoms with Crippen molar-refractivity contribution in [2.24, 2.45) is 5.92 Å². The Morgan fingerprint density at radius 3 is 2.54 bits per heavy atom. The highest BCUT2D eigenvalue weighted by molar-refractivity contribution is 5.17. The molecular formula is C11H16O2. The first kappa shape index (κ1) is 8.97. The molecule has 0 spiro atoms. The summed E-state index contributed by atoms with van der Waals surface area (Å²) < 4.78 is 11.6. The van der Waals surface area contributed by atoms with Gasteiger partial charge in [-0.15, -0.1) is 0 Å². The van der Waals surface area contributed by atoms with Crippen LogP contribution in [0.3, 0.4) is 0 Å². The minimum absolute atomic E-state index is 0.131. The predicted octanol–water partition coefficient (Wildman–Crippen LogP) is 1.92. The summed E-state index contributed by atoms with van der Waals surface area (Å²) in [6, 6.07) is 0. The van der Waals surface area contributed by atoms with E-state index in [9.17, 15) is 0 Å². The molecule has 2 nitrogen and oxygen atoms in total. The molecule has 2 rings (SSSR count). The van der Waals surface area contributed by atoms with Gasteiger partial charge in [0, 0.05) is 0 Å². The van der Waals surface area contributed by atoms with E-state index >= 15 is 0 Å². The van der Waals surface area contributed by atoms with Crippen LogP contribution in [0.15, 0.2) is 24.3 Å². The van der Waals surface area contributed by atoms with Gasteiger partial charge in [-0.1, -0.05) is 38.2 Å². The largest absolute Gasteiger partial charge is 0.368 e. The third-order valence-electron chi connectivity index (χ3n) is 2.56. The van der Waals surface area contributed by atoms with E-state index in [1.165, 1.54) is 0 Å². The van der Waals surface area contributed by atoms with E-state index in [1.54, 1.807) is 0 Å². The molecule has 0 bridgehead atoms. The fraction of sp³-hybridized carbons (Fsp3) is 0.636. The summed E-state index contributed by atoms with van der Waals surface area (Å²) in [4.78, 5) is 0. The van der Waals surface area contributed by atoms with E-state index in [-0.39, 0.29) is 18.3 Å². The normalized spacial score (nSPS) is 37.9. The summed E-state index contributed by atoms with van der Waals surface area (Å²) in [5.41, 5.74) is 0. The van der Waals surface area contributed by atoms with Gasteiger partial charge in [-0.05, 0) is 5.92 Å². The molecule has 1 aliphatic heterocycles. The van der Waals surface area contributed by atoms with Crippen LogP contribution in [-0.2, 0) is 9.47 Å². The van der Waals surface area contributed by atoms with Crippen molar-refractivity contribution >= 4 is 0 Å². The quantitative estimate of drug-likeness (QED) is 0.613. The van der Waals surface area contributed by atoms with Crippen molar-refractivity contribution < 1.29 is 9.47 Å². The van der Waals surface area contributed by atoms with E-state index in [0.29, 0.717) is 5.92 Å². The molecule has 1 fully saturated rings. The van der Waals surface area contributed by atoms with Gasteiger partial charge in [-0.3, -0.25) is 0 Å². The van der Waals surface area contributed by atoms with Crippen molar-refractivity contribution in [2.45, 2.75) is 32.2 Å². The Morgan fingerprint density at radius 1 is 1.15 bits per heavy atom. The maximum atomic E-state index is 5.89. The van der Waals surface area contributed by atoms with Gasteiger partial charge in [-0.25, -0.2) is 0 Å². The average Bonchev–Trinajstić information content (AvgIpc) is 2.17. The molecule has 0 radical (unpaired) electrons. The Hall–Kier alpha value is -0.600. The highest BCUT2D eigenvalue weighted by Crippen LogP contribution is 2.23. The van der Waals surface area contributed by atoms with Crippen LogP contribution >= 0.6 is 0 Å². The number of rotatable bonds is 1. The first-order valence-electron chi connectivity index (χ1n) is 4.89. The van der Waals surface area contributed by atoms with Crippen molar-refractivity contribution in [2.75, 3.05) is 6.61 Å². The number of hydrogen-bond donors (Lipinski definition) is 0. The third kappa shape index (κ3) is 1.84. The molecule has 13 heavy (non-hydrogen) atoms. The van der Waals surface area contributed by atoms with Gasteiger partial charge in [0.2, 0.25) is 0 Å². The number of ether oxygens (including phenoxy) is 2. The highest BCUT2D eigenvalue weighted by Gasteiger charge is 2.30. The smallest absolute Gasteiger partial charge is 0.106 e. The first-order chi connectivity index (χ1) is 6.27. The van der Waals surface area contributed by atoms with Crippen molar-refractivity contribution in [3.63, 3.8) is 0 Å². The second kappa shape index (κ2) is 3.64. The molecule has 72 valence electrons. The lowest BCUT2D eigenvalue weighted by molar-refractivity contribution is -0.161. The summed E-state index contributed by atoms with van der Waals surface area (Å²) in [5.74, 6) is 0.528. The van der Waals surface area contributed by atoms with Gasteiger partial charge in [0.15, 0.2) is 0 Å². The van der Waals surface area contributed by atoms with E-state index in [0.717, 1.165) is 6.61 Å². The first-order valence-corrected chi connectivity index (χ1v) is 4.89. The summed E-state index contributed by atoms with van der Waals surface area (Å²) in [7, 11) is 0. The molecule has 2 aliphatic rings. The molecule has 3 atom stereocenters. The van der Waals surface area contributed by atoms with Crippen molar-refractivity contribution in [3.8, 4) is 0 Å². The summed E-state index contributed by atoms with van der Waals surface area (Å²) in [5, 5.41) is 0. The summed E-state index contributed by atoms with van der Waals surface area (Å²) in [6.07, 6.45) is 8.68. The van der Waals surface area contributed by atoms with Crippen molar-refractivity contribution in [3.05, 3.63) is 24.3 Å². The standard InChI is InChI=1S/C11H16O2/c1-8(2)11-7-12-9-5-3-4-6-10(9)13-11/h3-6,8-11H,7H2,1-2H3. The molecule has 3 unspecified atom stereocenters. The molecule has 0 aromatic heterocycles. The van der Waals surface area contributed by atoms with Crippen LogP contribution in [0.4, 0.5) is 0 Å². The zero-order valence-electron chi connectivity index (χ0n) is 8.14. The minimum atomic E-state index is 0.131. The molecule has 1 saturated heterocycles. The second-order valence-corrected chi connectivity index (χ2v) is 3.95. The zero-order chi connectivity index (χ0) is 9.26.